The molecule has 0 aliphatic heterocycles. The van der Waals surface area contributed by atoms with Gasteiger partial charge in [0.05, 0.1) is 21.3 Å². The van der Waals surface area contributed by atoms with Gasteiger partial charge in [0.2, 0.25) is 11.7 Å². The van der Waals surface area contributed by atoms with Crippen LogP contribution in [0.4, 0.5) is 11.4 Å². The number of amides is 1. The van der Waals surface area contributed by atoms with Gasteiger partial charge >= 0.3 is 0 Å². The van der Waals surface area contributed by atoms with E-state index in [-0.39, 0.29) is 5.91 Å². The molecule has 1 amide bonds. The molecule has 0 bridgehead atoms. The van der Waals surface area contributed by atoms with Crippen molar-refractivity contribution in [1.29, 1.82) is 0 Å². The predicted octanol–water partition coefficient (Wildman–Crippen LogP) is 3.77. The van der Waals surface area contributed by atoms with Gasteiger partial charge in [0, 0.05) is 36.5 Å². The first-order valence-electron chi connectivity index (χ1n) is 8.40. The van der Waals surface area contributed by atoms with Crippen LogP contribution in [0.15, 0.2) is 30.3 Å². The molecule has 6 heteroatoms. The fourth-order valence-corrected chi connectivity index (χ4v) is 2.60. The summed E-state index contributed by atoms with van der Waals surface area (Å²) in [6.07, 6.45) is 0.337. The zero-order valence-corrected chi connectivity index (χ0v) is 15.9. The molecule has 0 spiro atoms. The molecule has 6 nitrogen and oxygen atoms in total. The van der Waals surface area contributed by atoms with Gasteiger partial charge in [0.15, 0.2) is 11.5 Å². The van der Waals surface area contributed by atoms with Crippen LogP contribution >= 0.6 is 0 Å². The Labute approximate surface area is 154 Å². The molecule has 0 atom stereocenters. The molecule has 2 rings (SSSR count). The van der Waals surface area contributed by atoms with E-state index >= 15 is 0 Å². The Morgan fingerprint density at radius 2 is 1.65 bits per heavy atom. The average Bonchev–Trinajstić information content (AvgIpc) is 2.64. The maximum Gasteiger partial charge on any atom is 0.226 e. The Morgan fingerprint density at radius 3 is 2.23 bits per heavy atom. The van der Waals surface area contributed by atoms with Gasteiger partial charge in [-0.2, -0.15) is 0 Å². The second-order valence-electron chi connectivity index (χ2n) is 5.89. The van der Waals surface area contributed by atoms with Gasteiger partial charge in [-0.3, -0.25) is 4.79 Å². The van der Waals surface area contributed by atoms with E-state index in [1.165, 1.54) is 0 Å². The van der Waals surface area contributed by atoms with Crippen molar-refractivity contribution in [2.24, 2.45) is 0 Å². The van der Waals surface area contributed by atoms with Crippen molar-refractivity contribution in [3.8, 4) is 17.2 Å². The number of methoxy groups -OCH3 is 3. The maximum absolute atomic E-state index is 12.2. The number of ether oxygens (including phenoxy) is 3. The molecular weight excluding hydrogens is 332 g/mol. The van der Waals surface area contributed by atoms with Crippen molar-refractivity contribution in [3.63, 3.8) is 0 Å². The number of aryl methyl sites for hydroxylation is 1. The van der Waals surface area contributed by atoms with Gasteiger partial charge < -0.3 is 24.8 Å². The summed E-state index contributed by atoms with van der Waals surface area (Å²) in [7, 11) is 4.70. The number of carbonyl (C=O) groups excluding carboxylic acids is 1. The molecule has 140 valence electrons. The summed E-state index contributed by atoms with van der Waals surface area (Å²) >= 11 is 0. The van der Waals surface area contributed by atoms with Crippen LogP contribution in [0.5, 0.6) is 17.2 Å². The summed E-state index contributed by atoms with van der Waals surface area (Å²) in [5, 5.41) is 6.16. The summed E-state index contributed by atoms with van der Waals surface area (Å²) in [5.74, 6) is 1.62. The van der Waals surface area contributed by atoms with Crippen molar-refractivity contribution in [2.75, 3.05) is 38.5 Å². The first kappa shape index (κ1) is 19.4. The van der Waals surface area contributed by atoms with E-state index < -0.39 is 0 Å². The van der Waals surface area contributed by atoms with Crippen molar-refractivity contribution in [3.05, 3.63) is 41.5 Å². The summed E-state index contributed by atoms with van der Waals surface area (Å²) < 4.78 is 16.0. The number of anilines is 2. The van der Waals surface area contributed by atoms with Crippen molar-refractivity contribution >= 4 is 17.3 Å². The minimum absolute atomic E-state index is 0.0429. The van der Waals surface area contributed by atoms with Gasteiger partial charge in [-0.15, -0.1) is 0 Å². The maximum atomic E-state index is 12.2. The second kappa shape index (κ2) is 8.99. The summed E-state index contributed by atoms with van der Waals surface area (Å²) in [5.41, 5.74) is 3.87. The van der Waals surface area contributed by atoms with E-state index in [0.717, 1.165) is 22.5 Å². The SMILES string of the molecule is COc1cc(NCCC(=O)Nc2cccc(C)c2C)cc(OC)c1OC. The Hall–Kier alpha value is -2.89. The van der Waals surface area contributed by atoms with Gasteiger partial charge in [-0.25, -0.2) is 0 Å². The van der Waals surface area contributed by atoms with Gasteiger partial charge in [0.1, 0.15) is 0 Å². The highest BCUT2D eigenvalue weighted by Crippen LogP contribution is 2.39. The molecule has 2 N–H and O–H groups in total. The second-order valence-corrected chi connectivity index (χ2v) is 5.89. The molecule has 2 aromatic rings. The van der Waals surface area contributed by atoms with Crippen LogP contribution in [0.3, 0.4) is 0 Å². The van der Waals surface area contributed by atoms with Crippen LogP contribution in [-0.2, 0) is 4.79 Å². The Kier molecular flexibility index (Phi) is 6.72. The molecule has 0 heterocycles. The van der Waals surface area contributed by atoms with Crippen molar-refractivity contribution < 1.29 is 19.0 Å². The number of benzene rings is 2. The van der Waals surface area contributed by atoms with Crippen LogP contribution in [0, 0.1) is 13.8 Å². The summed E-state index contributed by atoms with van der Waals surface area (Å²) in [6.45, 7) is 4.51. The van der Waals surface area contributed by atoms with E-state index in [0.29, 0.717) is 30.2 Å². The average molecular weight is 358 g/mol. The third-order valence-electron chi connectivity index (χ3n) is 4.22. The normalized spacial score (nSPS) is 10.2. The fourth-order valence-electron chi connectivity index (χ4n) is 2.60. The molecule has 26 heavy (non-hydrogen) atoms. The van der Waals surface area contributed by atoms with Crippen molar-refractivity contribution in [2.45, 2.75) is 20.3 Å². The lowest BCUT2D eigenvalue weighted by molar-refractivity contribution is -0.115. The monoisotopic (exact) mass is 358 g/mol. The van der Waals surface area contributed by atoms with Crippen LogP contribution in [-0.4, -0.2) is 33.8 Å². The van der Waals surface area contributed by atoms with Crippen molar-refractivity contribution in [1.82, 2.24) is 0 Å². The molecule has 0 unspecified atom stereocenters. The van der Waals surface area contributed by atoms with Crippen LogP contribution in [0.2, 0.25) is 0 Å². The lowest BCUT2D eigenvalue weighted by Gasteiger charge is -2.15. The van der Waals surface area contributed by atoms with E-state index in [9.17, 15) is 4.79 Å². The topological polar surface area (TPSA) is 68.8 Å². The van der Waals surface area contributed by atoms with E-state index in [4.69, 9.17) is 14.2 Å². The number of hydrogen-bond donors (Lipinski definition) is 2. The number of nitrogens with one attached hydrogen (secondary N) is 2. The lowest BCUT2D eigenvalue weighted by Crippen LogP contribution is -2.17. The summed E-state index contributed by atoms with van der Waals surface area (Å²) in [4.78, 5) is 12.2. The zero-order chi connectivity index (χ0) is 19.1. The predicted molar refractivity (Wildman–Crippen MR) is 104 cm³/mol. The molecule has 0 aliphatic carbocycles. The minimum atomic E-state index is -0.0429. The lowest BCUT2D eigenvalue weighted by atomic mass is 10.1. The zero-order valence-electron chi connectivity index (χ0n) is 15.9. The van der Waals surface area contributed by atoms with E-state index in [1.54, 1.807) is 21.3 Å². The highest BCUT2D eigenvalue weighted by atomic mass is 16.5. The highest BCUT2D eigenvalue weighted by molar-refractivity contribution is 5.92. The Balaban J connectivity index is 1.97. The highest BCUT2D eigenvalue weighted by Gasteiger charge is 2.13. The molecule has 2 aromatic carbocycles. The summed E-state index contributed by atoms with van der Waals surface area (Å²) in [6, 6.07) is 9.49. The first-order valence-corrected chi connectivity index (χ1v) is 8.40. The standard InChI is InChI=1S/C20H26N2O4/c1-13-7-6-8-16(14(13)2)22-19(23)9-10-21-15-11-17(24-3)20(26-5)18(12-15)25-4/h6-8,11-12,21H,9-10H2,1-5H3,(H,22,23). The Bertz CT molecular complexity index is 749. The van der Waals surface area contributed by atoms with E-state index in [1.807, 2.05) is 44.2 Å². The smallest absolute Gasteiger partial charge is 0.226 e. The van der Waals surface area contributed by atoms with Gasteiger partial charge in [-0.1, -0.05) is 12.1 Å². The van der Waals surface area contributed by atoms with Crippen LogP contribution in [0.1, 0.15) is 17.5 Å². The molecule has 0 saturated carbocycles. The molecule has 0 aromatic heterocycles. The van der Waals surface area contributed by atoms with Gasteiger partial charge in [0.25, 0.3) is 0 Å². The first-order chi connectivity index (χ1) is 12.5. The number of carbonyl (C=O) groups is 1. The number of hydrogen-bond acceptors (Lipinski definition) is 5. The van der Waals surface area contributed by atoms with E-state index in [2.05, 4.69) is 10.6 Å². The number of rotatable bonds is 8. The molecular formula is C20H26N2O4. The Morgan fingerprint density at radius 1 is 1.00 bits per heavy atom. The molecule has 0 radical (unpaired) electrons. The fraction of sp³-hybridized carbons (Fsp3) is 0.350. The third-order valence-corrected chi connectivity index (χ3v) is 4.22. The molecule has 0 saturated heterocycles. The van der Waals surface area contributed by atoms with Gasteiger partial charge in [-0.05, 0) is 31.0 Å². The van der Waals surface area contributed by atoms with Crippen LogP contribution < -0.4 is 24.8 Å². The molecule has 0 fully saturated rings. The third kappa shape index (κ3) is 4.59. The van der Waals surface area contributed by atoms with Crippen LogP contribution in [0.25, 0.3) is 0 Å². The minimum Gasteiger partial charge on any atom is -0.493 e. The largest absolute Gasteiger partial charge is 0.493 e. The molecule has 0 aliphatic rings. The quantitative estimate of drug-likeness (QED) is 0.752.